The monoisotopic (exact) mass is 436 g/mol. The minimum absolute atomic E-state index is 0.124. The van der Waals surface area contributed by atoms with Crippen LogP contribution in [-0.4, -0.2) is 34.8 Å². The van der Waals surface area contributed by atoms with Crippen LogP contribution in [0.1, 0.15) is 30.9 Å². The molecule has 1 N–H and O–H groups in total. The zero-order chi connectivity index (χ0) is 21.5. The predicted octanol–water partition coefficient (Wildman–Crippen LogP) is 4.64. The zero-order valence-electron chi connectivity index (χ0n) is 17.2. The van der Waals surface area contributed by atoms with E-state index in [-0.39, 0.29) is 5.78 Å². The lowest BCUT2D eigenvalue weighted by atomic mass is 9.85. The highest BCUT2D eigenvalue weighted by Crippen LogP contribution is 2.42. The summed E-state index contributed by atoms with van der Waals surface area (Å²) in [4.78, 5) is 17.7. The molecule has 0 spiro atoms. The number of carbonyl (C=O) groups is 1. The third kappa shape index (κ3) is 3.35. The van der Waals surface area contributed by atoms with Crippen molar-refractivity contribution in [1.29, 1.82) is 0 Å². The average molecular weight is 437 g/mol. The SMILES string of the molecule is COc1ccc([C@@H]2C3=C(CCCC3=O)Nc3nc(-c4cccc(Cl)c4)nn32)cc1OC. The van der Waals surface area contributed by atoms with E-state index < -0.39 is 6.04 Å². The molecule has 2 aliphatic rings. The fraction of sp³-hybridized carbons (Fsp3) is 0.261. The van der Waals surface area contributed by atoms with Gasteiger partial charge in [-0.05, 0) is 42.7 Å². The molecule has 0 bridgehead atoms. The molecule has 0 saturated heterocycles. The second-order valence-electron chi connectivity index (χ2n) is 7.52. The zero-order valence-corrected chi connectivity index (χ0v) is 17.9. The number of ketones is 1. The summed E-state index contributed by atoms with van der Waals surface area (Å²) in [6, 6.07) is 12.7. The highest BCUT2D eigenvalue weighted by atomic mass is 35.5. The first-order chi connectivity index (χ1) is 15.1. The van der Waals surface area contributed by atoms with Crippen LogP contribution >= 0.6 is 11.6 Å². The Labute approximate surface area is 184 Å². The van der Waals surface area contributed by atoms with Crippen molar-refractivity contribution in [2.45, 2.75) is 25.3 Å². The molecule has 0 unspecified atom stereocenters. The smallest absolute Gasteiger partial charge is 0.226 e. The number of ether oxygens (including phenoxy) is 2. The molecule has 1 atom stereocenters. The topological polar surface area (TPSA) is 78.3 Å². The van der Waals surface area contributed by atoms with Crippen LogP contribution in [0.2, 0.25) is 5.02 Å². The third-order valence-electron chi connectivity index (χ3n) is 5.67. The summed E-state index contributed by atoms with van der Waals surface area (Å²) < 4.78 is 12.7. The number of Topliss-reactive ketones (excluding diaryl/α,β-unsaturated/α-hetero) is 1. The molecule has 31 heavy (non-hydrogen) atoms. The summed E-state index contributed by atoms with van der Waals surface area (Å²) >= 11 is 6.17. The van der Waals surface area contributed by atoms with Gasteiger partial charge in [-0.2, -0.15) is 4.98 Å². The molecule has 7 nitrogen and oxygen atoms in total. The van der Waals surface area contributed by atoms with E-state index in [1.54, 1.807) is 18.9 Å². The Morgan fingerprint density at radius 2 is 1.94 bits per heavy atom. The quantitative estimate of drug-likeness (QED) is 0.642. The average Bonchev–Trinajstić information content (AvgIpc) is 3.21. The van der Waals surface area contributed by atoms with Crippen molar-refractivity contribution in [3.63, 3.8) is 0 Å². The van der Waals surface area contributed by atoms with Crippen molar-refractivity contribution in [1.82, 2.24) is 14.8 Å². The minimum atomic E-state index is -0.403. The van der Waals surface area contributed by atoms with Crippen LogP contribution in [0, 0.1) is 0 Å². The highest BCUT2D eigenvalue weighted by Gasteiger charge is 2.37. The Kier molecular flexibility index (Phi) is 4.90. The fourth-order valence-electron chi connectivity index (χ4n) is 4.24. The second-order valence-corrected chi connectivity index (χ2v) is 7.96. The molecule has 8 heteroatoms. The number of rotatable bonds is 4. The van der Waals surface area contributed by atoms with Crippen LogP contribution in [0.4, 0.5) is 5.95 Å². The van der Waals surface area contributed by atoms with Crippen molar-refractivity contribution < 1.29 is 14.3 Å². The Balaban J connectivity index is 1.68. The number of allylic oxidation sites excluding steroid dienone is 2. The van der Waals surface area contributed by atoms with Crippen molar-refractivity contribution >= 4 is 23.3 Å². The lowest BCUT2D eigenvalue weighted by molar-refractivity contribution is -0.116. The molecule has 0 radical (unpaired) electrons. The summed E-state index contributed by atoms with van der Waals surface area (Å²) in [6.07, 6.45) is 2.14. The summed E-state index contributed by atoms with van der Waals surface area (Å²) in [7, 11) is 3.19. The first-order valence-electron chi connectivity index (χ1n) is 10.1. The Morgan fingerprint density at radius 1 is 1.10 bits per heavy atom. The van der Waals surface area contributed by atoms with Gasteiger partial charge in [-0.25, -0.2) is 4.68 Å². The van der Waals surface area contributed by atoms with E-state index in [1.165, 1.54) is 0 Å². The van der Waals surface area contributed by atoms with Gasteiger partial charge in [0.25, 0.3) is 0 Å². The molecule has 0 fully saturated rings. The van der Waals surface area contributed by atoms with Crippen LogP contribution in [0.15, 0.2) is 53.7 Å². The number of anilines is 1. The molecule has 0 amide bonds. The maximum absolute atomic E-state index is 13.0. The largest absolute Gasteiger partial charge is 0.493 e. The lowest BCUT2D eigenvalue weighted by Gasteiger charge is -2.32. The van der Waals surface area contributed by atoms with Gasteiger partial charge in [0.1, 0.15) is 6.04 Å². The van der Waals surface area contributed by atoms with Gasteiger partial charge in [0.2, 0.25) is 5.95 Å². The molecule has 5 rings (SSSR count). The van der Waals surface area contributed by atoms with Gasteiger partial charge in [-0.3, -0.25) is 4.79 Å². The maximum Gasteiger partial charge on any atom is 0.226 e. The number of nitrogens with zero attached hydrogens (tertiary/aromatic N) is 3. The van der Waals surface area contributed by atoms with Gasteiger partial charge in [0.05, 0.1) is 14.2 Å². The van der Waals surface area contributed by atoms with E-state index in [2.05, 4.69) is 5.32 Å². The van der Waals surface area contributed by atoms with Crippen molar-refractivity contribution in [3.8, 4) is 22.9 Å². The van der Waals surface area contributed by atoms with E-state index in [9.17, 15) is 4.79 Å². The van der Waals surface area contributed by atoms with Crippen LogP contribution in [0.25, 0.3) is 11.4 Å². The van der Waals surface area contributed by atoms with Gasteiger partial charge in [0.15, 0.2) is 23.1 Å². The second kappa shape index (κ2) is 7.74. The standard InChI is InChI=1S/C23H21ClN4O3/c1-30-18-10-9-13(12-19(18)31-2)21-20-16(7-4-8-17(20)29)25-23-26-22(27-28(21)23)14-5-3-6-15(24)11-14/h3,5-6,9-12,21H,4,7-8H2,1-2H3,(H,25,26,27)/t21-/m1/s1. The third-order valence-corrected chi connectivity index (χ3v) is 5.91. The van der Waals surface area contributed by atoms with E-state index in [0.29, 0.717) is 34.7 Å². The van der Waals surface area contributed by atoms with Gasteiger partial charge >= 0.3 is 0 Å². The van der Waals surface area contributed by atoms with Crippen LogP contribution in [0.5, 0.6) is 11.5 Å². The fourth-order valence-corrected chi connectivity index (χ4v) is 4.43. The van der Waals surface area contributed by atoms with Gasteiger partial charge in [0, 0.05) is 28.3 Å². The van der Waals surface area contributed by atoms with Crippen LogP contribution in [-0.2, 0) is 4.79 Å². The van der Waals surface area contributed by atoms with E-state index in [0.717, 1.165) is 35.2 Å². The van der Waals surface area contributed by atoms with Crippen LogP contribution in [0.3, 0.4) is 0 Å². The number of carbonyl (C=O) groups excluding carboxylic acids is 1. The number of methoxy groups -OCH3 is 2. The molecule has 158 valence electrons. The number of benzene rings is 2. The molecule has 1 aliphatic heterocycles. The number of hydrogen-bond acceptors (Lipinski definition) is 6. The maximum atomic E-state index is 13.0. The molecule has 0 saturated carbocycles. The van der Waals surface area contributed by atoms with Crippen molar-refractivity contribution in [2.75, 3.05) is 19.5 Å². The predicted molar refractivity (Wildman–Crippen MR) is 118 cm³/mol. The number of fused-ring (bicyclic) bond motifs is 1. The van der Waals surface area contributed by atoms with E-state index in [4.69, 9.17) is 31.2 Å². The molecule has 3 aromatic rings. The molecule has 1 aromatic heterocycles. The van der Waals surface area contributed by atoms with Crippen molar-refractivity contribution in [3.05, 3.63) is 64.3 Å². The summed E-state index contributed by atoms with van der Waals surface area (Å²) in [5.74, 6) is 2.49. The Hall–Kier alpha value is -3.32. The highest BCUT2D eigenvalue weighted by molar-refractivity contribution is 6.30. The first kappa shape index (κ1) is 19.6. The lowest BCUT2D eigenvalue weighted by Crippen LogP contribution is -2.31. The van der Waals surface area contributed by atoms with E-state index >= 15 is 0 Å². The van der Waals surface area contributed by atoms with E-state index in [1.807, 2.05) is 42.5 Å². The van der Waals surface area contributed by atoms with Crippen molar-refractivity contribution in [2.24, 2.45) is 0 Å². The normalized spacial score (nSPS) is 17.6. The Bertz CT molecular complexity index is 1220. The summed E-state index contributed by atoms with van der Waals surface area (Å²) in [5.41, 5.74) is 3.33. The minimum Gasteiger partial charge on any atom is -0.493 e. The van der Waals surface area contributed by atoms with Gasteiger partial charge in [-0.15, -0.1) is 5.10 Å². The molecular weight excluding hydrogens is 416 g/mol. The molecule has 1 aliphatic carbocycles. The van der Waals surface area contributed by atoms with Crippen LogP contribution < -0.4 is 14.8 Å². The molecule has 2 aromatic carbocycles. The first-order valence-corrected chi connectivity index (χ1v) is 10.4. The molecular formula is C23H21ClN4O3. The summed E-state index contributed by atoms with van der Waals surface area (Å²) in [5, 5.41) is 8.73. The van der Waals surface area contributed by atoms with Gasteiger partial charge in [-0.1, -0.05) is 29.8 Å². The number of nitrogens with one attached hydrogen (secondary N) is 1. The molecule has 2 heterocycles. The van der Waals surface area contributed by atoms with Gasteiger partial charge < -0.3 is 14.8 Å². The summed E-state index contributed by atoms with van der Waals surface area (Å²) in [6.45, 7) is 0. The number of halogens is 1. The number of aromatic nitrogens is 3. The Morgan fingerprint density at radius 3 is 2.71 bits per heavy atom. The number of hydrogen-bond donors (Lipinski definition) is 1.